The molecule has 22 heavy (non-hydrogen) atoms. The summed E-state index contributed by atoms with van der Waals surface area (Å²) in [6.45, 7) is 3.63. The summed E-state index contributed by atoms with van der Waals surface area (Å²) in [5, 5.41) is 5.46. The fourth-order valence-corrected chi connectivity index (χ4v) is 2.49. The Morgan fingerprint density at radius 3 is 2.64 bits per heavy atom. The fraction of sp³-hybridized carbons (Fsp3) is 0.176. The van der Waals surface area contributed by atoms with Crippen molar-refractivity contribution in [3.8, 4) is 0 Å². The second-order valence-electron chi connectivity index (χ2n) is 5.77. The second-order valence-corrected chi connectivity index (χ2v) is 5.77. The summed E-state index contributed by atoms with van der Waals surface area (Å²) in [5.74, 6) is -1.17. The van der Waals surface area contributed by atoms with Gasteiger partial charge in [0.15, 0.2) is 0 Å². The molecule has 5 heteroatoms. The molecule has 0 aliphatic carbocycles. The smallest absolute Gasteiger partial charge is 0.258 e. The number of hydrogen-bond acceptors (Lipinski definition) is 2. The topological polar surface area (TPSA) is 58.2 Å². The van der Waals surface area contributed by atoms with Crippen LogP contribution in [0.25, 0.3) is 0 Å². The van der Waals surface area contributed by atoms with Crippen molar-refractivity contribution in [3.63, 3.8) is 0 Å². The number of benzene rings is 2. The van der Waals surface area contributed by atoms with E-state index in [4.69, 9.17) is 0 Å². The third kappa shape index (κ3) is 2.24. The van der Waals surface area contributed by atoms with E-state index in [2.05, 4.69) is 10.6 Å². The first-order valence-corrected chi connectivity index (χ1v) is 6.91. The van der Waals surface area contributed by atoms with Gasteiger partial charge in [0, 0.05) is 11.4 Å². The largest absolute Gasteiger partial charge is 0.325 e. The van der Waals surface area contributed by atoms with Crippen molar-refractivity contribution in [1.82, 2.24) is 0 Å². The predicted octanol–water partition coefficient (Wildman–Crippen LogP) is 3.31. The zero-order chi connectivity index (χ0) is 15.9. The summed E-state index contributed by atoms with van der Waals surface area (Å²) in [5.41, 5.74) is 1.39. The van der Waals surface area contributed by atoms with E-state index in [-0.39, 0.29) is 11.5 Å². The van der Waals surface area contributed by atoms with Crippen LogP contribution in [0.15, 0.2) is 42.5 Å². The molecule has 2 aromatic carbocycles. The number of hydrogen-bond donors (Lipinski definition) is 2. The Bertz CT molecular complexity index is 784. The Labute approximate surface area is 127 Å². The standard InChI is InChI=1S/C17H15FN2O2/c1-17(2)12-9-10(7-8-14(12)20-16(17)22)19-15(21)11-5-3-4-6-13(11)18/h3-9H,1-2H3,(H,19,21)(H,20,22). The molecule has 1 aliphatic rings. The molecular weight excluding hydrogens is 283 g/mol. The van der Waals surface area contributed by atoms with Crippen LogP contribution in [-0.2, 0) is 10.2 Å². The van der Waals surface area contributed by atoms with Crippen LogP contribution >= 0.6 is 0 Å². The first-order chi connectivity index (χ1) is 10.4. The van der Waals surface area contributed by atoms with Gasteiger partial charge in [-0.15, -0.1) is 0 Å². The van der Waals surface area contributed by atoms with Crippen LogP contribution in [0.3, 0.4) is 0 Å². The van der Waals surface area contributed by atoms with E-state index in [1.54, 1.807) is 24.3 Å². The number of halogens is 1. The number of carbonyl (C=O) groups is 2. The Morgan fingerprint density at radius 2 is 1.91 bits per heavy atom. The molecule has 112 valence electrons. The first kappa shape index (κ1) is 14.3. The highest BCUT2D eigenvalue weighted by atomic mass is 19.1. The van der Waals surface area contributed by atoms with Crippen molar-refractivity contribution in [2.45, 2.75) is 19.3 Å². The van der Waals surface area contributed by atoms with Crippen molar-refractivity contribution >= 4 is 23.2 Å². The van der Waals surface area contributed by atoms with Gasteiger partial charge in [0.2, 0.25) is 5.91 Å². The maximum absolute atomic E-state index is 13.6. The van der Waals surface area contributed by atoms with Gasteiger partial charge in [0.05, 0.1) is 11.0 Å². The highest BCUT2D eigenvalue weighted by molar-refractivity contribution is 6.07. The van der Waals surface area contributed by atoms with Gasteiger partial charge in [-0.25, -0.2) is 4.39 Å². The minimum atomic E-state index is -0.659. The average Bonchev–Trinajstić information content (AvgIpc) is 2.70. The zero-order valence-electron chi connectivity index (χ0n) is 12.2. The molecule has 0 aromatic heterocycles. The number of fused-ring (bicyclic) bond motifs is 1. The molecule has 0 saturated carbocycles. The summed E-state index contributed by atoms with van der Waals surface area (Å²) in [6.07, 6.45) is 0. The minimum Gasteiger partial charge on any atom is -0.325 e. The van der Waals surface area contributed by atoms with E-state index in [1.807, 2.05) is 13.8 Å². The van der Waals surface area contributed by atoms with Crippen LogP contribution < -0.4 is 10.6 Å². The number of anilines is 2. The van der Waals surface area contributed by atoms with E-state index in [9.17, 15) is 14.0 Å². The molecule has 1 heterocycles. The summed E-state index contributed by atoms with van der Waals surface area (Å²) >= 11 is 0. The van der Waals surface area contributed by atoms with Crippen molar-refractivity contribution in [2.24, 2.45) is 0 Å². The molecule has 2 N–H and O–H groups in total. The molecular formula is C17H15FN2O2. The fourth-order valence-electron chi connectivity index (χ4n) is 2.49. The molecule has 0 bridgehead atoms. The van der Waals surface area contributed by atoms with Crippen molar-refractivity contribution < 1.29 is 14.0 Å². The van der Waals surface area contributed by atoms with E-state index < -0.39 is 17.1 Å². The molecule has 2 amide bonds. The van der Waals surface area contributed by atoms with Gasteiger partial charge in [0.1, 0.15) is 5.82 Å². The molecule has 0 saturated heterocycles. The van der Waals surface area contributed by atoms with E-state index >= 15 is 0 Å². The van der Waals surface area contributed by atoms with Crippen LogP contribution in [-0.4, -0.2) is 11.8 Å². The molecule has 0 radical (unpaired) electrons. The Balaban J connectivity index is 1.90. The molecule has 0 fully saturated rings. The van der Waals surface area contributed by atoms with Crippen molar-refractivity contribution in [2.75, 3.05) is 10.6 Å². The highest BCUT2D eigenvalue weighted by Crippen LogP contribution is 2.38. The molecule has 0 unspecified atom stereocenters. The second kappa shape index (κ2) is 4.94. The lowest BCUT2D eigenvalue weighted by Gasteiger charge is -2.16. The van der Waals surface area contributed by atoms with Crippen LogP contribution in [0.4, 0.5) is 15.8 Å². The Morgan fingerprint density at radius 1 is 1.18 bits per heavy atom. The predicted molar refractivity (Wildman–Crippen MR) is 82.5 cm³/mol. The Hall–Kier alpha value is -2.69. The van der Waals surface area contributed by atoms with E-state index in [1.165, 1.54) is 18.2 Å². The van der Waals surface area contributed by atoms with Gasteiger partial charge >= 0.3 is 0 Å². The molecule has 3 rings (SSSR count). The number of carbonyl (C=O) groups excluding carboxylic acids is 2. The summed E-state index contributed by atoms with van der Waals surface area (Å²) in [7, 11) is 0. The number of nitrogens with one attached hydrogen (secondary N) is 2. The van der Waals surface area contributed by atoms with E-state index in [0.717, 1.165) is 11.3 Å². The highest BCUT2D eigenvalue weighted by Gasteiger charge is 2.38. The van der Waals surface area contributed by atoms with Gasteiger partial charge in [-0.1, -0.05) is 12.1 Å². The van der Waals surface area contributed by atoms with Crippen LogP contribution in [0.1, 0.15) is 29.8 Å². The molecule has 2 aromatic rings. The summed E-state index contributed by atoms with van der Waals surface area (Å²) in [4.78, 5) is 24.0. The van der Waals surface area contributed by atoms with Gasteiger partial charge < -0.3 is 10.6 Å². The average molecular weight is 298 g/mol. The molecule has 0 atom stereocenters. The van der Waals surface area contributed by atoms with Crippen LogP contribution in [0.5, 0.6) is 0 Å². The zero-order valence-corrected chi connectivity index (χ0v) is 12.2. The number of amides is 2. The SMILES string of the molecule is CC1(C)C(=O)Nc2ccc(NC(=O)c3ccccc3F)cc21. The van der Waals surface area contributed by atoms with Gasteiger partial charge in [-0.3, -0.25) is 9.59 Å². The van der Waals surface area contributed by atoms with Crippen molar-refractivity contribution in [1.29, 1.82) is 0 Å². The number of rotatable bonds is 2. The van der Waals surface area contributed by atoms with E-state index in [0.29, 0.717) is 5.69 Å². The quantitative estimate of drug-likeness (QED) is 0.893. The first-order valence-electron chi connectivity index (χ1n) is 6.91. The molecule has 1 aliphatic heterocycles. The Kier molecular flexibility index (Phi) is 3.20. The van der Waals surface area contributed by atoms with Gasteiger partial charge in [-0.05, 0) is 49.7 Å². The summed E-state index contributed by atoms with van der Waals surface area (Å²) < 4.78 is 13.6. The lowest BCUT2D eigenvalue weighted by Crippen LogP contribution is -2.26. The minimum absolute atomic E-state index is 0.0172. The molecule has 4 nitrogen and oxygen atoms in total. The van der Waals surface area contributed by atoms with Crippen LogP contribution in [0, 0.1) is 5.82 Å². The maximum atomic E-state index is 13.6. The van der Waals surface area contributed by atoms with Gasteiger partial charge in [-0.2, -0.15) is 0 Å². The lowest BCUT2D eigenvalue weighted by molar-refractivity contribution is -0.119. The monoisotopic (exact) mass is 298 g/mol. The normalized spacial score (nSPS) is 15.1. The van der Waals surface area contributed by atoms with Gasteiger partial charge in [0.25, 0.3) is 5.91 Å². The summed E-state index contributed by atoms with van der Waals surface area (Å²) in [6, 6.07) is 11.0. The molecule has 0 spiro atoms. The van der Waals surface area contributed by atoms with Crippen LogP contribution in [0.2, 0.25) is 0 Å². The third-order valence-electron chi connectivity index (χ3n) is 3.89. The van der Waals surface area contributed by atoms with Crippen molar-refractivity contribution in [3.05, 3.63) is 59.4 Å². The third-order valence-corrected chi connectivity index (χ3v) is 3.89. The lowest BCUT2D eigenvalue weighted by atomic mass is 9.86. The maximum Gasteiger partial charge on any atom is 0.258 e.